The number of carbonyl (C=O) groups excluding carboxylic acids is 1. The summed E-state index contributed by atoms with van der Waals surface area (Å²) >= 11 is 0. The molecule has 3 heteroatoms. The van der Waals surface area contributed by atoms with Gasteiger partial charge in [0.2, 0.25) is 5.91 Å². The highest BCUT2D eigenvalue weighted by molar-refractivity contribution is 5.77. The van der Waals surface area contributed by atoms with Gasteiger partial charge in [-0.2, -0.15) is 0 Å². The topological polar surface area (TPSA) is 55.4 Å². The van der Waals surface area contributed by atoms with E-state index in [4.69, 9.17) is 5.73 Å². The Balaban J connectivity index is 3.24. The van der Waals surface area contributed by atoms with Gasteiger partial charge in [0.1, 0.15) is 6.54 Å². The highest BCUT2D eigenvalue weighted by Crippen LogP contribution is 1.73. The van der Waals surface area contributed by atoms with Crippen molar-refractivity contribution >= 4 is 12.1 Å². The van der Waals surface area contributed by atoms with Gasteiger partial charge in [0, 0.05) is 6.21 Å². The smallest absolute Gasteiger partial charge is 0.239 e. The average molecular weight is 126 g/mol. The van der Waals surface area contributed by atoms with E-state index >= 15 is 0 Å². The molecule has 0 aromatic carbocycles. The van der Waals surface area contributed by atoms with Crippen molar-refractivity contribution in [2.45, 2.75) is 6.42 Å². The fourth-order valence-corrected chi connectivity index (χ4v) is 0.304. The van der Waals surface area contributed by atoms with Gasteiger partial charge >= 0.3 is 0 Å². The van der Waals surface area contributed by atoms with E-state index in [2.05, 4.69) is 11.6 Å². The number of hydrogen-bond acceptors (Lipinski definition) is 2. The molecule has 0 aliphatic carbocycles. The predicted octanol–water partition coefficient (Wildman–Crippen LogP) is 0.119. The Bertz CT molecular complexity index is 129. The Hall–Kier alpha value is -1.12. The first-order valence-corrected chi connectivity index (χ1v) is 2.65. The molecular weight excluding hydrogens is 116 g/mol. The SMILES string of the molecule is C=CCC=NCC(N)=O. The van der Waals surface area contributed by atoms with Gasteiger partial charge in [-0.3, -0.25) is 9.79 Å². The molecule has 0 aliphatic heterocycles. The molecular formula is C6H10N2O. The summed E-state index contributed by atoms with van der Waals surface area (Å²) in [6.45, 7) is 3.55. The predicted molar refractivity (Wildman–Crippen MR) is 37.4 cm³/mol. The van der Waals surface area contributed by atoms with Crippen LogP contribution in [0.2, 0.25) is 0 Å². The van der Waals surface area contributed by atoms with Crippen LogP contribution in [0.1, 0.15) is 6.42 Å². The fourth-order valence-electron chi connectivity index (χ4n) is 0.304. The Labute approximate surface area is 54.3 Å². The van der Waals surface area contributed by atoms with Crippen molar-refractivity contribution < 1.29 is 4.79 Å². The largest absolute Gasteiger partial charge is 0.368 e. The number of nitrogens with two attached hydrogens (primary N) is 1. The molecule has 2 N–H and O–H groups in total. The van der Waals surface area contributed by atoms with Crippen molar-refractivity contribution in [2.24, 2.45) is 10.7 Å². The van der Waals surface area contributed by atoms with E-state index in [1.54, 1.807) is 12.3 Å². The minimum Gasteiger partial charge on any atom is -0.368 e. The number of primary amides is 1. The van der Waals surface area contributed by atoms with Gasteiger partial charge in [0.25, 0.3) is 0 Å². The van der Waals surface area contributed by atoms with Gasteiger partial charge < -0.3 is 5.73 Å². The zero-order valence-corrected chi connectivity index (χ0v) is 5.21. The molecule has 0 aromatic heterocycles. The van der Waals surface area contributed by atoms with Gasteiger partial charge in [0.05, 0.1) is 0 Å². The molecule has 9 heavy (non-hydrogen) atoms. The van der Waals surface area contributed by atoms with Gasteiger partial charge in [-0.05, 0) is 6.42 Å². The second-order valence-electron chi connectivity index (χ2n) is 1.51. The second-order valence-corrected chi connectivity index (χ2v) is 1.51. The third-order valence-electron chi connectivity index (χ3n) is 0.648. The number of carbonyl (C=O) groups is 1. The molecule has 0 fully saturated rings. The highest BCUT2D eigenvalue weighted by atomic mass is 16.1. The molecule has 0 unspecified atom stereocenters. The first-order valence-electron chi connectivity index (χ1n) is 2.65. The van der Waals surface area contributed by atoms with Crippen LogP contribution in [-0.2, 0) is 4.79 Å². The van der Waals surface area contributed by atoms with Crippen molar-refractivity contribution in [3.8, 4) is 0 Å². The lowest BCUT2D eigenvalue weighted by Gasteiger charge is -1.82. The summed E-state index contributed by atoms with van der Waals surface area (Å²) in [4.78, 5) is 13.7. The number of hydrogen-bond donors (Lipinski definition) is 1. The van der Waals surface area contributed by atoms with Gasteiger partial charge in [0.15, 0.2) is 0 Å². The average Bonchev–Trinajstić information content (AvgIpc) is 1.80. The van der Waals surface area contributed by atoms with Crippen molar-refractivity contribution in [2.75, 3.05) is 6.54 Å². The molecule has 0 radical (unpaired) electrons. The van der Waals surface area contributed by atoms with Crippen LogP contribution in [0.4, 0.5) is 0 Å². The molecule has 0 saturated heterocycles. The number of aliphatic imine (C=N–C) groups is 1. The molecule has 0 bridgehead atoms. The fraction of sp³-hybridized carbons (Fsp3) is 0.333. The first kappa shape index (κ1) is 7.88. The standard InChI is InChI=1S/C6H10N2O/c1-2-3-4-8-5-6(7)9/h2,4H,1,3,5H2,(H2,7,9). The summed E-state index contributed by atoms with van der Waals surface area (Å²) in [5, 5.41) is 0. The van der Waals surface area contributed by atoms with Crippen LogP contribution >= 0.6 is 0 Å². The molecule has 0 heterocycles. The van der Waals surface area contributed by atoms with Crippen LogP contribution < -0.4 is 5.73 Å². The summed E-state index contributed by atoms with van der Waals surface area (Å²) in [5.74, 6) is -0.407. The second kappa shape index (κ2) is 5.03. The molecule has 0 saturated carbocycles. The van der Waals surface area contributed by atoms with Crippen molar-refractivity contribution in [3.63, 3.8) is 0 Å². The van der Waals surface area contributed by atoms with Gasteiger partial charge in [-0.1, -0.05) is 6.08 Å². The third kappa shape index (κ3) is 6.88. The summed E-state index contributed by atoms with van der Waals surface area (Å²) in [7, 11) is 0. The highest BCUT2D eigenvalue weighted by Gasteiger charge is 1.84. The minimum atomic E-state index is -0.407. The minimum absolute atomic E-state index is 0.0772. The van der Waals surface area contributed by atoms with E-state index in [-0.39, 0.29) is 6.54 Å². The van der Waals surface area contributed by atoms with Crippen LogP contribution in [0.25, 0.3) is 0 Å². The Kier molecular flexibility index (Phi) is 4.40. The van der Waals surface area contributed by atoms with E-state index in [1.807, 2.05) is 0 Å². The monoisotopic (exact) mass is 126 g/mol. The van der Waals surface area contributed by atoms with Crippen LogP contribution in [0.15, 0.2) is 17.6 Å². The van der Waals surface area contributed by atoms with Gasteiger partial charge in [-0.15, -0.1) is 6.58 Å². The van der Waals surface area contributed by atoms with Crippen molar-refractivity contribution in [1.82, 2.24) is 0 Å². The zero-order chi connectivity index (χ0) is 7.11. The number of allylic oxidation sites excluding steroid dienone is 1. The van der Waals surface area contributed by atoms with Crippen LogP contribution in [-0.4, -0.2) is 18.7 Å². The van der Waals surface area contributed by atoms with E-state index in [0.717, 1.165) is 0 Å². The van der Waals surface area contributed by atoms with E-state index in [0.29, 0.717) is 6.42 Å². The first-order chi connectivity index (χ1) is 4.27. The lowest BCUT2D eigenvalue weighted by molar-refractivity contribution is -0.116. The molecule has 1 amide bonds. The Morgan fingerprint density at radius 3 is 2.89 bits per heavy atom. The lowest BCUT2D eigenvalue weighted by atomic mass is 10.5. The molecule has 3 nitrogen and oxygen atoms in total. The zero-order valence-electron chi connectivity index (χ0n) is 5.21. The molecule has 50 valence electrons. The summed E-state index contributed by atoms with van der Waals surface area (Å²) < 4.78 is 0. The van der Waals surface area contributed by atoms with Gasteiger partial charge in [-0.25, -0.2) is 0 Å². The molecule has 0 spiro atoms. The quantitative estimate of drug-likeness (QED) is 0.422. The van der Waals surface area contributed by atoms with Crippen LogP contribution in [0.5, 0.6) is 0 Å². The maximum absolute atomic E-state index is 10.0. The summed E-state index contributed by atoms with van der Waals surface area (Å²) in [6, 6.07) is 0. The number of amides is 1. The lowest BCUT2D eigenvalue weighted by Crippen LogP contribution is -2.13. The molecule has 0 rings (SSSR count). The summed E-state index contributed by atoms with van der Waals surface area (Å²) in [6.07, 6.45) is 4.00. The van der Waals surface area contributed by atoms with Crippen molar-refractivity contribution in [1.29, 1.82) is 0 Å². The number of nitrogens with zero attached hydrogens (tertiary/aromatic N) is 1. The Morgan fingerprint density at radius 1 is 1.78 bits per heavy atom. The third-order valence-corrected chi connectivity index (χ3v) is 0.648. The van der Waals surface area contributed by atoms with Crippen LogP contribution in [0, 0.1) is 0 Å². The van der Waals surface area contributed by atoms with Crippen LogP contribution in [0.3, 0.4) is 0 Å². The van der Waals surface area contributed by atoms with Crippen molar-refractivity contribution in [3.05, 3.63) is 12.7 Å². The Morgan fingerprint density at radius 2 is 2.44 bits per heavy atom. The van der Waals surface area contributed by atoms with E-state index in [1.165, 1.54) is 0 Å². The number of rotatable bonds is 4. The summed E-state index contributed by atoms with van der Waals surface area (Å²) in [5.41, 5.74) is 4.80. The maximum atomic E-state index is 10.0. The normalized spacial score (nSPS) is 9.78. The molecule has 0 aliphatic rings. The van der Waals surface area contributed by atoms with E-state index < -0.39 is 5.91 Å². The molecule has 0 atom stereocenters. The van der Waals surface area contributed by atoms with E-state index in [9.17, 15) is 4.79 Å². The maximum Gasteiger partial charge on any atom is 0.239 e. The molecule has 0 aromatic rings.